The molecule has 26 heavy (non-hydrogen) atoms. The highest BCUT2D eigenvalue weighted by Gasteiger charge is 2.48. The van der Waals surface area contributed by atoms with Crippen molar-refractivity contribution in [3.05, 3.63) is 24.0 Å². The van der Waals surface area contributed by atoms with Crippen LogP contribution in [0.15, 0.2) is 18.2 Å². The molecule has 3 aliphatic heterocycles. The average molecular weight is 381 g/mol. The second-order valence-corrected chi connectivity index (χ2v) is 8.17. The first kappa shape index (κ1) is 17.3. The number of nitrogens with zero attached hydrogens (tertiary/aromatic N) is 3. The van der Waals surface area contributed by atoms with Gasteiger partial charge in [-0.1, -0.05) is 0 Å². The highest BCUT2D eigenvalue weighted by Crippen LogP contribution is 2.47. The van der Waals surface area contributed by atoms with Crippen LogP contribution in [-0.4, -0.2) is 68.6 Å². The second-order valence-electron chi connectivity index (χ2n) is 7.19. The molecule has 3 saturated heterocycles. The topological polar surface area (TPSA) is 62.3 Å². The van der Waals surface area contributed by atoms with Crippen LogP contribution in [0.3, 0.4) is 0 Å². The molecule has 0 saturated carbocycles. The van der Waals surface area contributed by atoms with Crippen LogP contribution in [0.25, 0.3) is 0 Å². The molecule has 0 radical (unpaired) electrons. The Balaban J connectivity index is 1.42. The summed E-state index contributed by atoms with van der Waals surface area (Å²) in [5, 5.41) is 0. The Morgan fingerprint density at radius 2 is 2.12 bits per heavy atom. The van der Waals surface area contributed by atoms with Crippen LogP contribution in [0.5, 0.6) is 0 Å². The molecule has 1 aromatic rings. The van der Waals surface area contributed by atoms with Gasteiger partial charge < -0.3 is 19.3 Å². The molecule has 0 unspecified atom stereocenters. The third-order valence-corrected chi connectivity index (χ3v) is 6.47. The Morgan fingerprint density at radius 3 is 2.69 bits per heavy atom. The largest absolute Gasteiger partial charge is 0.417 e. The minimum Gasteiger partial charge on any atom is -0.407 e. The summed E-state index contributed by atoms with van der Waals surface area (Å²) in [6.07, 6.45) is -2.28. The standard InChI is InChI=1S/C17H20FN3O4S/c1-19(2)15(22)24-14-6-21(16(23)25-14)11-3-4-13(12(18)5-11)20-7-17(8-20)9-26-10-17/h3-5,14H,6-10H2,1-2H3/t14-/m1/s1. The Hall–Kier alpha value is -2.16. The van der Waals surface area contributed by atoms with E-state index in [-0.39, 0.29) is 12.4 Å². The molecule has 0 bridgehead atoms. The van der Waals surface area contributed by atoms with Gasteiger partial charge in [0.15, 0.2) is 0 Å². The molecule has 4 rings (SSSR count). The van der Waals surface area contributed by atoms with E-state index in [9.17, 15) is 14.0 Å². The van der Waals surface area contributed by atoms with Gasteiger partial charge in [-0.25, -0.2) is 14.0 Å². The predicted octanol–water partition coefficient (Wildman–Crippen LogP) is 2.36. The van der Waals surface area contributed by atoms with E-state index in [1.807, 2.05) is 16.7 Å². The number of thioether (sulfide) groups is 1. The number of amides is 2. The van der Waals surface area contributed by atoms with Gasteiger partial charge in [-0.2, -0.15) is 11.8 Å². The number of carbonyl (C=O) groups is 2. The monoisotopic (exact) mass is 381 g/mol. The van der Waals surface area contributed by atoms with Gasteiger partial charge >= 0.3 is 12.2 Å². The predicted molar refractivity (Wildman–Crippen MR) is 96.2 cm³/mol. The fraction of sp³-hybridized carbons (Fsp3) is 0.529. The van der Waals surface area contributed by atoms with Crippen molar-refractivity contribution in [1.82, 2.24) is 4.90 Å². The average Bonchev–Trinajstić information content (AvgIpc) is 2.86. The van der Waals surface area contributed by atoms with Crippen molar-refractivity contribution in [2.45, 2.75) is 6.29 Å². The fourth-order valence-corrected chi connectivity index (χ4v) is 4.50. The van der Waals surface area contributed by atoms with E-state index in [4.69, 9.17) is 9.47 Å². The summed E-state index contributed by atoms with van der Waals surface area (Å²) < 4.78 is 24.7. The second kappa shape index (κ2) is 6.22. The summed E-state index contributed by atoms with van der Waals surface area (Å²) in [6, 6.07) is 4.71. The van der Waals surface area contributed by atoms with Crippen LogP contribution in [0.1, 0.15) is 0 Å². The molecular formula is C17H20FN3O4S. The molecule has 3 fully saturated rings. The number of hydrogen-bond donors (Lipinski definition) is 0. The quantitative estimate of drug-likeness (QED) is 0.801. The molecule has 3 aliphatic rings. The van der Waals surface area contributed by atoms with Gasteiger partial charge in [0.2, 0.25) is 0 Å². The van der Waals surface area contributed by atoms with Crippen molar-refractivity contribution in [3.8, 4) is 0 Å². The van der Waals surface area contributed by atoms with Gasteiger partial charge in [-0.15, -0.1) is 0 Å². The molecule has 0 N–H and O–H groups in total. The van der Waals surface area contributed by atoms with E-state index in [0.717, 1.165) is 24.6 Å². The smallest absolute Gasteiger partial charge is 0.407 e. The van der Waals surface area contributed by atoms with Gasteiger partial charge in [0.25, 0.3) is 6.29 Å². The molecule has 3 heterocycles. The number of benzene rings is 1. The maximum atomic E-state index is 14.6. The zero-order chi connectivity index (χ0) is 18.5. The van der Waals surface area contributed by atoms with Crippen molar-refractivity contribution in [3.63, 3.8) is 0 Å². The minimum absolute atomic E-state index is 0.0290. The number of anilines is 2. The molecule has 140 valence electrons. The molecule has 0 aromatic heterocycles. The summed E-state index contributed by atoms with van der Waals surface area (Å²) >= 11 is 1.93. The number of ether oxygens (including phenoxy) is 2. The number of halogens is 1. The highest BCUT2D eigenvalue weighted by atomic mass is 32.2. The molecule has 0 aliphatic carbocycles. The zero-order valence-corrected chi connectivity index (χ0v) is 15.4. The van der Waals surface area contributed by atoms with Gasteiger partial charge in [0.05, 0.1) is 11.4 Å². The van der Waals surface area contributed by atoms with Crippen LogP contribution in [0, 0.1) is 11.2 Å². The lowest BCUT2D eigenvalue weighted by Gasteiger charge is -2.56. The molecule has 2 amide bonds. The third-order valence-electron chi connectivity index (χ3n) is 4.83. The lowest BCUT2D eigenvalue weighted by molar-refractivity contribution is -0.0386. The SMILES string of the molecule is CN(C)C(=O)O[C@H]1CN(c2ccc(N3CC4(CSC4)C3)c(F)c2)C(=O)O1. The van der Waals surface area contributed by atoms with E-state index >= 15 is 0 Å². The summed E-state index contributed by atoms with van der Waals surface area (Å²) in [5.74, 6) is 1.93. The van der Waals surface area contributed by atoms with Crippen LogP contribution >= 0.6 is 11.8 Å². The van der Waals surface area contributed by atoms with Crippen molar-refractivity contribution < 1.29 is 23.5 Å². The van der Waals surface area contributed by atoms with Gasteiger partial charge in [0.1, 0.15) is 12.4 Å². The Labute approximate surface area is 155 Å². The van der Waals surface area contributed by atoms with Crippen molar-refractivity contribution in [2.75, 3.05) is 55.0 Å². The Morgan fingerprint density at radius 1 is 1.38 bits per heavy atom. The zero-order valence-electron chi connectivity index (χ0n) is 14.6. The lowest BCUT2D eigenvalue weighted by Crippen LogP contribution is -2.63. The van der Waals surface area contributed by atoms with Gasteiger partial charge in [0, 0.05) is 44.1 Å². The third kappa shape index (κ3) is 2.94. The minimum atomic E-state index is -1.01. The summed E-state index contributed by atoms with van der Waals surface area (Å²) in [4.78, 5) is 28.1. The van der Waals surface area contributed by atoms with Crippen LogP contribution in [0.2, 0.25) is 0 Å². The van der Waals surface area contributed by atoms with E-state index in [1.54, 1.807) is 12.1 Å². The van der Waals surface area contributed by atoms with Crippen LogP contribution < -0.4 is 9.80 Å². The van der Waals surface area contributed by atoms with E-state index in [0.29, 0.717) is 16.8 Å². The molecule has 9 heteroatoms. The Bertz CT molecular complexity index is 748. The maximum absolute atomic E-state index is 14.6. The van der Waals surface area contributed by atoms with Crippen LogP contribution in [-0.2, 0) is 9.47 Å². The van der Waals surface area contributed by atoms with Crippen molar-refractivity contribution in [2.24, 2.45) is 5.41 Å². The molecule has 1 aromatic carbocycles. The van der Waals surface area contributed by atoms with Crippen molar-refractivity contribution in [1.29, 1.82) is 0 Å². The first-order chi connectivity index (χ1) is 12.4. The van der Waals surface area contributed by atoms with E-state index < -0.39 is 18.5 Å². The number of rotatable bonds is 3. The van der Waals surface area contributed by atoms with Crippen LogP contribution in [0.4, 0.5) is 25.4 Å². The normalized spacial score (nSPS) is 23.3. The highest BCUT2D eigenvalue weighted by molar-refractivity contribution is 8.00. The number of cyclic esters (lactones) is 1. The first-order valence-corrected chi connectivity index (χ1v) is 9.51. The summed E-state index contributed by atoms with van der Waals surface area (Å²) in [7, 11) is 3.07. The fourth-order valence-electron chi connectivity index (χ4n) is 3.35. The van der Waals surface area contributed by atoms with Crippen molar-refractivity contribution >= 4 is 35.3 Å². The maximum Gasteiger partial charge on any atom is 0.417 e. The molecule has 7 nitrogen and oxygen atoms in total. The molecule has 1 atom stereocenters. The number of hydrogen-bond acceptors (Lipinski definition) is 6. The summed E-state index contributed by atoms with van der Waals surface area (Å²) in [5.41, 5.74) is 1.31. The van der Waals surface area contributed by atoms with Gasteiger partial charge in [-0.3, -0.25) is 4.90 Å². The van der Waals surface area contributed by atoms with E-state index in [2.05, 4.69) is 0 Å². The first-order valence-electron chi connectivity index (χ1n) is 8.35. The van der Waals surface area contributed by atoms with E-state index in [1.165, 1.54) is 30.0 Å². The lowest BCUT2D eigenvalue weighted by atomic mass is 9.82. The molecular weight excluding hydrogens is 361 g/mol. The van der Waals surface area contributed by atoms with Gasteiger partial charge in [-0.05, 0) is 18.2 Å². The summed E-state index contributed by atoms with van der Waals surface area (Å²) in [6.45, 7) is 1.79. The number of carbonyl (C=O) groups excluding carboxylic acids is 2. The molecule has 1 spiro atoms. The Kier molecular flexibility index (Phi) is 4.13.